The first-order valence-corrected chi connectivity index (χ1v) is 9.16. The second kappa shape index (κ2) is 8.99. The van der Waals surface area contributed by atoms with Crippen LogP contribution in [-0.4, -0.2) is 32.4 Å². The van der Waals surface area contributed by atoms with E-state index in [1.807, 2.05) is 26.0 Å². The fourth-order valence-corrected chi connectivity index (χ4v) is 2.70. The minimum atomic E-state index is -0.419. The Morgan fingerprint density at radius 2 is 2.00 bits per heavy atom. The number of pyridine rings is 1. The Hall–Kier alpha value is -4.01. The first kappa shape index (κ1) is 20.7. The largest absolute Gasteiger partial charge is 0.401 e. The van der Waals surface area contributed by atoms with E-state index in [9.17, 15) is 9.18 Å². The maximum atomic E-state index is 13.3. The van der Waals surface area contributed by atoms with Gasteiger partial charge in [0.15, 0.2) is 5.69 Å². The summed E-state index contributed by atoms with van der Waals surface area (Å²) in [6.07, 6.45) is 4.63. The Bertz CT molecular complexity index is 1130. The smallest absolute Gasteiger partial charge is 0.273 e. The average Bonchev–Trinajstić information content (AvgIpc) is 3.20. The number of nitrogens with two attached hydrogens (primary N) is 2. The lowest BCUT2D eigenvalue weighted by atomic mass is 10.1. The molecule has 30 heavy (non-hydrogen) atoms. The van der Waals surface area contributed by atoms with Crippen LogP contribution in [-0.2, 0) is 0 Å². The van der Waals surface area contributed by atoms with Gasteiger partial charge >= 0.3 is 0 Å². The van der Waals surface area contributed by atoms with E-state index < -0.39 is 5.91 Å². The van der Waals surface area contributed by atoms with E-state index in [0.29, 0.717) is 17.0 Å². The van der Waals surface area contributed by atoms with Gasteiger partial charge in [-0.15, -0.1) is 5.10 Å². The third-order valence-electron chi connectivity index (χ3n) is 4.26. The highest BCUT2D eigenvalue weighted by atomic mass is 19.1. The maximum absolute atomic E-state index is 13.3. The summed E-state index contributed by atoms with van der Waals surface area (Å²) in [4.78, 5) is 16.7. The van der Waals surface area contributed by atoms with E-state index in [2.05, 4.69) is 20.6 Å². The van der Waals surface area contributed by atoms with Crippen LogP contribution in [0.5, 0.6) is 0 Å². The molecule has 3 rings (SSSR count). The molecule has 0 bridgehead atoms. The Labute approximate surface area is 173 Å². The van der Waals surface area contributed by atoms with Gasteiger partial charge in [0.25, 0.3) is 5.91 Å². The van der Waals surface area contributed by atoms with Gasteiger partial charge in [0.2, 0.25) is 0 Å². The minimum absolute atomic E-state index is 0.0870. The predicted molar refractivity (Wildman–Crippen MR) is 112 cm³/mol. The molecule has 3 aromatic rings. The molecule has 0 saturated heterocycles. The molecule has 154 valence electrons. The first-order chi connectivity index (χ1) is 14.3. The van der Waals surface area contributed by atoms with Crippen LogP contribution in [0.25, 0.3) is 11.4 Å². The average molecular weight is 407 g/mol. The summed E-state index contributed by atoms with van der Waals surface area (Å²) in [5, 5.41) is 10.6. The van der Waals surface area contributed by atoms with Crippen molar-refractivity contribution < 1.29 is 9.18 Å². The highest BCUT2D eigenvalue weighted by molar-refractivity contribution is 5.92. The number of aryl methyl sites for hydroxylation is 2. The molecule has 9 heteroatoms. The van der Waals surface area contributed by atoms with Gasteiger partial charge in [0.1, 0.15) is 5.82 Å². The van der Waals surface area contributed by atoms with Gasteiger partial charge in [0, 0.05) is 22.7 Å². The fourth-order valence-electron chi connectivity index (χ4n) is 2.70. The number of carbonyl (C=O) groups is 1. The van der Waals surface area contributed by atoms with E-state index >= 15 is 0 Å². The fraction of sp³-hybridized carbons (Fsp3) is 0.143. The van der Waals surface area contributed by atoms with E-state index in [4.69, 9.17) is 11.5 Å². The van der Waals surface area contributed by atoms with Crippen LogP contribution in [0.3, 0.4) is 0 Å². The van der Waals surface area contributed by atoms with Crippen molar-refractivity contribution in [3.8, 4) is 5.69 Å². The van der Waals surface area contributed by atoms with Gasteiger partial charge in [-0.3, -0.25) is 9.78 Å². The zero-order valence-corrected chi connectivity index (χ0v) is 16.6. The summed E-state index contributed by atoms with van der Waals surface area (Å²) in [6.45, 7) is 3.85. The van der Waals surface area contributed by atoms with Crippen LogP contribution in [0.2, 0.25) is 0 Å². The van der Waals surface area contributed by atoms with Crippen molar-refractivity contribution in [3.05, 3.63) is 88.9 Å². The molecule has 0 aliphatic rings. The summed E-state index contributed by atoms with van der Waals surface area (Å²) >= 11 is 0. The van der Waals surface area contributed by atoms with Crippen molar-refractivity contribution >= 4 is 11.6 Å². The molecule has 0 atom stereocenters. The van der Waals surface area contributed by atoms with E-state index in [0.717, 1.165) is 17.1 Å². The molecule has 1 aromatic carbocycles. The number of hydrogen-bond donors (Lipinski definition) is 3. The van der Waals surface area contributed by atoms with Gasteiger partial charge in [0.05, 0.1) is 24.1 Å². The molecule has 1 amide bonds. The van der Waals surface area contributed by atoms with Crippen molar-refractivity contribution in [1.82, 2.24) is 25.3 Å². The number of hydrogen-bond acceptors (Lipinski definition) is 6. The molecule has 0 saturated carbocycles. The number of amides is 1. The Balaban J connectivity index is 1.62. The van der Waals surface area contributed by atoms with Gasteiger partial charge in [-0.05, 0) is 50.3 Å². The molecule has 0 unspecified atom stereocenters. The zero-order valence-electron chi connectivity index (χ0n) is 16.6. The zero-order chi connectivity index (χ0) is 21.7. The number of allylic oxidation sites excluding steroid dienone is 2. The van der Waals surface area contributed by atoms with Crippen LogP contribution in [0.1, 0.15) is 27.4 Å². The highest BCUT2D eigenvalue weighted by Crippen LogP contribution is 2.12. The summed E-state index contributed by atoms with van der Waals surface area (Å²) in [6, 6.07) is 9.65. The molecule has 0 aliphatic heterocycles. The van der Waals surface area contributed by atoms with E-state index in [1.165, 1.54) is 23.0 Å². The lowest BCUT2D eigenvalue weighted by molar-refractivity contribution is 0.0952. The Morgan fingerprint density at radius 1 is 1.20 bits per heavy atom. The lowest BCUT2D eigenvalue weighted by Gasteiger charge is -2.05. The molecule has 2 heterocycles. The monoisotopic (exact) mass is 407 g/mol. The van der Waals surface area contributed by atoms with Crippen molar-refractivity contribution in [3.63, 3.8) is 0 Å². The maximum Gasteiger partial charge on any atom is 0.273 e. The lowest BCUT2D eigenvalue weighted by Crippen LogP contribution is -2.28. The van der Waals surface area contributed by atoms with Crippen LogP contribution in [0.4, 0.5) is 4.39 Å². The number of nitrogens with one attached hydrogen (secondary N) is 1. The molecule has 0 radical (unpaired) electrons. The Morgan fingerprint density at radius 3 is 2.73 bits per heavy atom. The second-order valence-electron chi connectivity index (χ2n) is 6.66. The third kappa shape index (κ3) is 5.07. The topological polar surface area (TPSA) is 125 Å². The number of rotatable bonds is 6. The summed E-state index contributed by atoms with van der Waals surface area (Å²) < 4.78 is 14.8. The predicted octanol–water partition coefficient (Wildman–Crippen LogP) is 1.99. The van der Waals surface area contributed by atoms with Crippen LogP contribution >= 0.6 is 0 Å². The summed E-state index contributed by atoms with van der Waals surface area (Å²) in [7, 11) is 0. The van der Waals surface area contributed by atoms with Crippen LogP contribution in [0.15, 0.2) is 60.4 Å². The quantitative estimate of drug-likeness (QED) is 0.537. The van der Waals surface area contributed by atoms with Crippen LogP contribution in [0, 0.1) is 19.7 Å². The van der Waals surface area contributed by atoms with Crippen molar-refractivity contribution in [2.24, 2.45) is 11.5 Å². The molecule has 0 fully saturated rings. The van der Waals surface area contributed by atoms with Gasteiger partial charge in [-0.2, -0.15) is 0 Å². The molecule has 8 nitrogen and oxygen atoms in total. The summed E-state index contributed by atoms with van der Waals surface area (Å²) in [5.74, 6) is -0.796. The van der Waals surface area contributed by atoms with Crippen molar-refractivity contribution in [1.29, 1.82) is 0 Å². The first-order valence-electron chi connectivity index (χ1n) is 9.16. The van der Waals surface area contributed by atoms with Crippen molar-refractivity contribution in [2.45, 2.75) is 13.8 Å². The van der Waals surface area contributed by atoms with Gasteiger partial charge < -0.3 is 16.8 Å². The molecule has 2 aromatic heterocycles. The number of nitrogens with zero attached hydrogens (tertiary/aromatic N) is 4. The van der Waals surface area contributed by atoms with Crippen LogP contribution < -0.4 is 16.8 Å². The number of benzene rings is 1. The SMILES string of the molecule is Cc1ccc(-n2cc(C(=O)NC/C(N)=C/C=C(\N)c3cccc(F)c3)nn2)c(C)n1. The van der Waals surface area contributed by atoms with E-state index in [-0.39, 0.29) is 18.1 Å². The number of aromatic nitrogens is 4. The Kier molecular flexibility index (Phi) is 6.21. The standard InChI is InChI=1S/C21H22FN7O/c1-13-6-9-20(14(2)26-13)29-12-19(27-28-29)21(30)25-11-17(23)7-8-18(24)15-4-3-5-16(22)10-15/h3-10,12H,11,23-24H2,1-2H3,(H,25,30)/b17-7-,18-8-. The minimum Gasteiger partial charge on any atom is -0.401 e. The van der Waals surface area contributed by atoms with E-state index in [1.54, 1.807) is 24.3 Å². The molecule has 0 spiro atoms. The van der Waals surface area contributed by atoms with Gasteiger partial charge in [-0.1, -0.05) is 17.3 Å². The molecular weight excluding hydrogens is 385 g/mol. The van der Waals surface area contributed by atoms with Crippen molar-refractivity contribution in [2.75, 3.05) is 6.54 Å². The molecule has 5 N–H and O–H groups in total. The summed E-state index contributed by atoms with van der Waals surface area (Å²) in [5.41, 5.74) is 15.7. The highest BCUT2D eigenvalue weighted by Gasteiger charge is 2.12. The number of halogens is 1. The second-order valence-corrected chi connectivity index (χ2v) is 6.66. The third-order valence-corrected chi connectivity index (χ3v) is 4.26. The number of carbonyl (C=O) groups excluding carboxylic acids is 1. The molecular formula is C21H22FN7O. The van der Waals surface area contributed by atoms with Gasteiger partial charge in [-0.25, -0.2) is 9.07 Å². The normalized spacial score (nSPS) is 12.1. The molecule has 0 aliphatic carbocycles.